The Hall–Kier alpha value is -1.93. The van der Waals surface area contributed by atoms with E-state index < -0.39 is 22.0 Å². The summed E-state index contributed by atoms with van der Waals surface area (Å²) in [4.78, 5) is 24.5. The lowest BCUT2D eigenvalue weighted by Gasteiger charge is -2.18. The Kier molecular flexibility index (Phi) is 6.41. The van der Waals surface area contributed by atoms with Crippen molar-refractivity contribution in [2.45, 2.75) is 50.5 Å². The average Bonchev–Trinajstić information content (AvgIpc) is 3.11. The molecule has 1 aliphatic carbocycles. The van der Waals surface area contributed by atoms with Crippen molar-refractivity contribution in [3.05, 3.63) is 23.8 Å². The molecule has 1 fully saturated rings. The third kappa shape index (κ3) is 4.62. The van der Waals surface area contributed by atoms with Crippen molar-refractivity contribution < 1.29 is 22.7 Å². The van der Waals surface area contributed by atoms with Crippen LogP contribution in [0.25, 0.3) is 0 Å². The van der Waals surface area contributed by atoms with E-state index in [-0.39, 0.29) is 16.8 Å². The smallest absolute Gasteiger partial charge is 0.309 e. The Morgan fingerprint density at radius 1 is 1.23 bits per heavy atom. The van der Waals surface area contributed by atoms with Gasteiger partial charge in [0.15, 0.2) is 6.10 Å². The minimum atomic E-state index is -3.61. The number of aryl methyl sites for hydroxylation is 1. The molecule has 8 heteroatoms. The number of ether oxygens (including phenoxy) is 1. The Balaban J connectivity index is 2.09. The maximum absolute atomic E-state index is 12.4. The highest BCUT2D eigenvalue weighted by Gasteiger charge is 2.28. The molecule has 0 heterocycles. The second-order valence-corrected chi connectivity index (χ2v) is 8.97. The maximum atomic E-state index is 12.4. The first kappa shape index (κ1) is 20.4. The number of carbonyl (C=O) groups excluding carboxylic acids is 2. The van der Waals surface area contributed by atoms with Gasteiger partial charge in [-0.05, 0) is 44.4 Å². The lowest BCUT2D eigenvalue weighted by Crippen LogP contribution is -2.32. The number of carbonyl (C=O) groups is 2. The van der Waals surface area contributed by atoms with Gasteiger partial charge in [0.2, 0.25) is 10.0 Å². The van der Waals surface area contributed by atoms with Gasteiger partial charge in [0.05, 0.1) is 10.8 Å². The van der Waals surface area contributed by atoms with Crippen LogP contribution >= 0.6 is 0 Å². The number of rotatable bonds is 6. The van der Waals surface area contributed by atoms with Gasteiger partial charge in [-0.2, -0.15) is 0 Å². The molecule has 0 radical (unpaired) electrons. The maximum Gasteiger partial charge on any atom is 0.309 e. The van der Waals surface area contributed by atoms with Gasteiger partial charge in [0, 0.05) is 19.8 Å². The van der Waals surface area contributed by atoms with Crippen molar-refractivity contribution in [1.82, 2.24) is 4.31 Å². The summed E-state index contributed by atoms with van der Waals surface area (Å²) in [6.45, 7) is 3.27. The van der Waals surface area contributed by atoms with Crippen molar-refractivity contribution in [2.24, 2.45) is 5.92 Å². The normalized spacial score (nSPS) is 16.5. The van der Waals surface area contributed by atoms with Crippen LogP contribution < -0.4 is 5.32 Å². The molecule has 144 valence electrons. The van der Waals surface area contributed by atoms with Gasteiger partial charge in [-0.25, -0.2) is 12.7 Å². The van der Waals surface area contributed by atoms with Gasteiger partial charge in [0.1, 0.15) is 0 Å². The summed E-state index contributed by atoms with van der Waals surface area (Å²) >= 11 is 0. The van der Waals surface area contributed by atoms with Crippen LogP contribution in [0.5, 0.6) is 0 Å². The predicted octanol–water partition coefficient (Wildman–Crippen LogP) is 2.31. The number of anilines is 1. The van der Waals surface area contributed by atoms with E-state index in [2.05, 4.69) is 5.32 Å². The Morgan fingerprint density at radius 3 is 2.42 bits per heavy atom. The highest BCUT2D eigenvalue weighted by Crippen LogP contribution is 2.26. The van der Waals surface area contributed by atoms with Crippen molar-refractivity contribution in [3.63, 3.8) is 0 Å². The van der Waals surface area contributed by atoms with Crippen LogP contribution in [0.1, 0.15) is 38.2 Å². The predicted molar refractivity (Wildman–Crippen MR) is 98.2 cm³/mol. The third-order valence-electron chi connectivity index (χ3n) is 4.60. The zero-order valence-corrected chi connectivity index (χ0v) is 16.4. The number of esters is 1. The van der Waals surface area contributed by atoms with Crippen molar-refractivity contribution >= 4 is 27.6 Å². The van der Waals surface area contributed by atoms with Gasteiger partial charge >= 0.3 is 5.97 Å². The third-order valence-corrected chi connectivity index (χ3v) is 6.41. The SMILES string of the molecule is Cc1ccc(S(=O)(=O)N(C)C)cc1NC(=O)[C@@H](C)OC(=O)C1CCCC1. The number of nitrogens with zero attached hydrogens (tertiary/aromatic N) is 1. The quantitative estimate of drug-likeness (QED) is 0.762. The summed E-state index contributed by atoms with van der Waals surface area (Å²) in [5, 5.41) is 2.66. The number of amides is 1. The van der Waals surface area contributed by atoms with Crippen LogP contribution in [-0.4, -0.2) is 44.8 Å². The molecule has 2 rings (SSSR count). The molecule has 1 aromatic rings. The van der Waals surface area contributed by atoms with Crippen LogP contribution in [0.3, 0.4) is 0 Å². The van der Waals surface area contributed by atoms with Gasteiger partial charge in [0.25, 0.3) is 5.91 Å². The van der Waals surface area contributed by atoms with Crippen LogP contribution in [0.2, 0.25) is 0 Å². The number of hydrogen-bond acceptors (Lipinski definition) is 5. The lowest BCUT2D eigenvalue weighted by atomic mass is 10.1. The van der Waals surface area contributed by atoms with E-state index in [1.54, 1.807) is 13.0 Å². The highest BCUT2D eigenvalue weighted by molar-refractivity contribution is 7.89. The molecule has 1 aliphatic rings. The second kappa shape index (κ2) is 8.18. The Morgan fingerprint density at radius 2 is 1.85 bits per heavy atom. The molecule has 0 bridgehead atoms. The molecule has 0 spiro atoms. The summed E-state index contributed by atoms with van der Waals surface area (Å²) in [6.07, 6.45) is 2.67. The molecule has 26 heavy (non-hydrogen) atoms. The largest absolute Gasteiger partial charge is 0.452 e. The van der Waals surface area contributed by atoms with Crippen molar-refractivity contribution in [1.29, 1.82) is 0 Å². The molecule has 1 aromatic carbocycles. The molecular weight excluding hydrogens is 356 g/mol. The molecular formula is C18H26N2O5S. The van der Waals surface area contributed by atoms with Crippen molar-refractivity contribution in [3.8, 4) is 0 Å². The topological polar surface area (TPSA) is 92.8 Å². The molecule has 0 aliphatic heterocycles. The van der Waals surface area contributed by atoms with Gasteiger partial charge in [-0.15, -0.1) is 0 Å². The summed E-state index contributed by atoms with van der Waals surface area (Å²) in [5.74, 6) is -0.954. The van der Waals surface area contributed by atoms with Crippen LogP contribution in [0.4, 0.5) is 5.69 Å². The number of benzene rings is 1. The second-order valence-electron chi connectivity index (χ2n) is 6.81. The van der Waals surface area contributed by atoms with E-state index in [1.165, 1.54) is 33.2 Å². The fourth-order valence-corrected chi connectivity index (χ4v) is 3.76. The highest BCUT2D eigenvalue weighted by atomic mass is 32.2. The fourth-order valence-electron chi connectivity index (χ4n) is 2.83. The first-order chi connectivity index (χ1) is 12.1. The Labute approximate surface area is 154 Å². The standard InChI is InChI=1S/C18H26N2O5S/c1-12-9-10-15(26(23,24)20(3)4)11-16(12)19-17(21)13(2)25-18(22)14-7-5-6-8-14/h9-11,13-14H,5-8H2,1-4H3,(H,19,21)/t13-/m1/s1. The average molecular weight is 382 g/mol. The minimum absolute atomic E-state index is 0.0824. The summed E-state index contributed by atoms with van der Waals surface area (Å²) in [6, 6.07) is 4.53. The van der Waals surface area contributed by atoms with E-state index in [4.69, 9.17) is 4.74 Å². The first-order valence-corrected chi connectivity index (χ1v) is 10.1. The van der Waals surface area contributed by atoms with E-state index in [0.29, 0.717) is 11.3 Å². The van der Waals surface area contributed by atoms with E-state index in [9.17, 15) is 18.0 Å². The zero-order valence-electron chi connectivity index (χ0n) is 15.6. The van der Waals surface area contributed by atoms with E-state index in [0.717, 1.165) is 30.0 Å². The summed E-state index contributed by atoms with van der Waals surface area (Å²) in [5.41, 5.74) is 1.09. The molecule has 0 aromatic heterocycles. The number of hydrogen-bond donors (Lipinski definition) is 1. The number of sulfonamides is 1. The number of nitrogens with one attached hydrogen (secondary N) is 1. The molecule has 7 nitrogen and oxygen atoms in total. The van der Waals surface area contributed by atoms with Crippen LogP contribution in [0, 0.1) is 12.8 Å². The molecule has 1 saturated carbocycles. The first-order valence-electron chi connectivity index (χ1n) is 8.67. The van der Waals surface area contributed by atoms with Gasteiger partial charge in [-0.1, -0.05) is 18.9 Å². The van der Waals surface area contributed by atoms with Crippen LogP contribution in [-0.2, 0) is 24.3 Å². The Bertz CT molecular complexity index is 783. The summed E-state index contributed by atoms with van der Waals surface area (Å²) in [7, 11) is -0.721. The lowest BCUT2D eigenvalue weighted by molar-refractivity contribution is -0.157. The zero-order chi connectivity index (χ0) is 19.5. The monoisotopic (exact) mass is 382 g/mol. The molecule has 1 amide bonds. The molecule has 0 unspecified atom stereocenters. The molecule has 0 saturated heterocycles. The minimum Gasteiger partial charge on any atom is -0.452 e. The van der Waals surface area contributed by atoms with Gasteiger partial charge < -0.3 is 10.1 Å². The van der Waals surface area contributed by atoms with E-state index in [1.807, 2.05) is 0 Å². The van der Waals surface area contributed by atoms with E-state index >= 15 is 0 Å². The molecule has 1 atom stereocenters. The molecule has 1 N–H and O–H groups in total. The fraction of sp³-hybridized carbons (Fsp3) is 0.556. The van der Waals surface area contributed by atoms with Crippen LogP contribution in [0.15, 0.2) is 23.1 Å². The van der Waals surface area contributed by atoms with Gasteiger partial charge in [-0.3, -0.25) is 9.59 Å². The summed E-state index contributed by atoms with van der Waals surface area (Å²) < 4.78 is 30.9. The van der Waals surface area contributed by atoms with Crippen molar-refractivity contribution in [2.75, 3.05) is 19.4 Å².